The van der Waals surface area contributed by atoms with Crippen molar-refractivity contribution in [2.24, 2.45) is 20.0 Å². The second-order valence-corrected chi connectivity index (χ2v) is 7.61. The van der Waals surface area contributed by atoms with Gasteiger partial charge in [-0.05, 0) is 24.5 Å². The fourth-order valence-electron chi connectivity index (χ4n) is 4.02. The van der Waals surface area contributed by atoms with Gasteiger partial charge in [0.05, 0.1) is 12.2 Å². The van der Waals surface area contributed by atoms with Crippen LogP contribution >= 0.6 is 0 Å². The molecule has 3 aromatic rings. The van der Waals surface area contributed by atoms with E-state index in [1.165, 1.54) is 11.6 Å². The van der Waals surface area contributed by atoms with E-state index in [0.717, 1.165) is 21.0 Å². The van der Waals surface area contributed by atoms with Crippen LogP contribution in [0.4, 0.5) is 5.82 Å². The van der Waals surface area contributed by atoms with Crippen molar-refractivity contribution < 1.29 is 9.53 Å². The van der Waals surface area contributed by atoms with E-state index in [9.17, 15) is 14.4 Å². The van der Waals surface area contributed by atoms with Crippen LogP contribution in [0.2, 0.25) is 0 Å². The van der Waals surface area contributed by atoms with E-state index >= 15 is 0 Å². The summed E-state index contributed by atoms with van der Waals surface area (Å²) in [6.45, 7) is 7.96. The number of anilines is 1. The molecular weight excluding hydrogens is 396 g/mol. The summed E-state index contributed by atoms with van der Waals surface area (Å²) in [6, 6.07) is 7.64. The van der Waals surface area contributed by atoms with E-state index in [-0.39, 0.29) is 24.2 Å². The molecule has 2 N–H and O–H groups in total. The lowest BCUT2D eigenvalue weighted by atomic mass is 9.82. The van der Waals surface area contributed by atoms with E-state index < -0.39 is 17.2 Å². The van der Waals surface area contributed by atoms with Gasteiger partial charge < -0.3 is 15.0 Å². The molecule has 31 heavy (non-hydrogen) atoms. The molecule has 0 saturated carbocycles. The second-order valence-electron chi connectivity index (χ2n) is 7.61. The molecule has 0 aliphatic rings. The first-order valence-electron chi connectivity index (χ1n) is 10.1. The maximum Gasteiger partial charge on any atom is 0.332 e. The van der Waals surface area contributed by atoms with E-state index in [4.69, 9.17) is 10.5 Å². The molecule has 0 radical (unpaired) electrons. The summed E-state index contributed by atoms with van der Waals surface area (Å²) >= 11 is 0. The number of ether oxygens (including phenoxy) is 1. The first-order chi connectivity index (χ1) is 14.7. The first-order valence-corrected chi connectivity index (χ1v) is 10.1. The van der Waals surface area contributed by atoms with Crippen LogP contribution in [0.5, 0.6) is 0 Å². The van der Waals surface area contributed by atoms with Crippen LogP contribution in [0.25, 0.3) is 10.9 Å². The highest BCUT2D eigenvalue weighted by molar-refractivity contribution is 5.86. The van der Waals surface area contributed by atoms with Gasteiger partial charge in [-0.25, -0.2) is 4.79 Å². The number of fused-ring (bicyclic) bond motifs is 1. The highest BCUT2D eigenvalue weighted by Crippen LogP contribution is 2.38. The molecule has 0 aliphatic heterocycles. The van der Waals surface area contributed by atoms with Crippen molar-refractivity contribution in [2.75, 3.05) is 12.3 Å². The molecule has 0 aliphatic carbocycles. The lowest BCUT2D eigenvalue weighted by Gasteiger charge is -2.24. The summed E-state index contributed by atoms with van der Waals surface area (Å²) in [5, 5.41) is 0.890. The summed E-state index contributed by atoms with van der Waals surface area (Å²) in [5.74, 6) is -0.861. The van der Waals surface area contributed by atoms with Gasteiger partial charge in [0.15, 0.2) is 0 Å². The molecule has 0 amide bonds. The van der Waals surface area contributed by atoms with Gasteiger partial charge >= 0.3 is 11.7 Å². The average molecular weight is 425 g/mol. The molecule has 2 unspecified atom stereocenters. The summed E-state index contributed by atoms with van der Waals surface area (Å²) in [7, 11) is 2.98. The standard InChI is InChI=1S/C23H28N4O4/c1-6-14(3)19(20-21(24)25(4)23(30)26(5)22(20)29)16-12-27(13-18(28)31-7-2)17-11-9-8-10-15(16)17/h6,8-12,14,19H,1,7,13,24H2,2-5H3. The predicted octanol–water partition coefficient (Wildman–Crippen LogP) is 2.14. The molecule has 0 fully saturated rings. The minimum absolute atomic E-state index is 0.0459. The number of nitrogen functional groups attached to an aromatic ring is 1. The summed E-state index contributed by atoms with van der Waals surface area (Å²) in [4.78, 5) is 37.6. The van der Waals surface area contributed by atoms with E-state index in [2.05, 4.69) is 6.58 Å². The Hall–Kier alpha value is -3.55. The van der Waals surface area contributed by atoms with Crippen molar-refractivity contribution in [3.63, 3.8) is 0 Å². The van der Waals surface area contributed by atoms with Crippen LogP contribution in [0.1, 0.15) is 30.9 Å². The van der Waals surface area contributed by atoms with Crippen molar-refractivity contribution >= 4 is 22.7 Å². The number of benzene rings is 1. The minimum Gasteiger partial charge on any atom is -0.465 e. The first kappa shape index (κ1) is 22.1. The average Bonchev–Trinajstić information content (AvgIpc) is 3.11. The lowest BCUT2D eigenvalue weighted by Crippen LogP contribution is -2.41. The lowest BCUT2D eigenvalue weighted by molar-refractivity contribution is -0.143. The third-order valence-corrected chi connectivity index (χ3v) is 5.71. The van der Waals surface area contributed by atoms with Crippen LogP contribution in [-0.2, 0) is 30.2 Å². The molecule has 0 spiro atoms. The quantitative estimate of drug-likeness (QED) is 0.463. The topological polar surface area (TPSA) is 101 Å². The van der Waals surface area contributed by atoms with Crippen molar-refractivity contribution in [1.82, 2.24) is 13.7 Å². The number of carbonyl (C=O) groups is 1. The largest absolute Gasteiger partial charge is 0.465 e. The molecule has 2 aromatic heterocycles. The van der Waals surface area contributed by atoms with Crippen LogP contribution < -0.4 is 17.0 Å². The van der Waals surface area contributed by atoms with Crippen LogP contribution in [0, 0.1) is 5.92 Å². The Kier molecular flexibility index (Phi) is 6.19. The third kappa shape index (κ3) is 3.81. The molecule has 1 aromatic carbocycles. The number of esters is 1. The number of para-hydroxylation sites is 1. The van der Waals surface area contributed by atoms with E-state index in [1.54, 1.807) is 20.0 Å². The van der Waals surface area contributed by atoms with Crippen molar-refractivity contribution in [3.8, 4) is 0 Å². The van der Waals surface area contributed by atoms with Crippen LogP contribution in [-0.4, -0.2) is 26.3 Å². The molecule has 3 rings (SSSR count). The highest BCUT2D eigenvalue weighted by Gasteiger charge is 2.30. The maximum atomic E-state index is 13.2. The Bertz CT molecular complexity index is 1270. The zero-order valence-corrected chi connectivity index (χ0v) is 18.3. The Morgan fingerprint density at radius 2 is 1.90 bits per heavy atom. The van der Waals surface area contributed by atoms with Gasteiger partial charge in [-0.2, -0.15) is 0 Å². The molecule has 8 nitrogen and oxygen atoms in total. The van der Waals surface area contributed by atoms with Crippen molar-refractivity contribution in [1.29, 1.82) is 0 Å². The van der Waals surface area contributed by atoms with Crippen molar-refractivity contribution in [2.45, 2.75) is 26.3 Å². The number of carbonyl (C=O) groups excluding carboxylic acids is 1. The minimum atomic E-state index is -0.485. The number of rotatable bonds is 7. The molecule has 2 atom stereocenters. The fraction of sp³-hybridized carbons (Fsp3) is 0.348. The van der Waals surface area contributed by atoms with Crippen LogP contribution in [0.3, 0.4) is 0 Å². The monoisotopic (exact) mass is 424 g/mol. The molecule has 8 heteroatoms. The second kappa shape index (κ2) is 8.67. The van der Waals surface area contributed by atoms with E-state index in [1.807, 2.05) is 42.0 Å². The van der Waals surface area contributed by atoms with Gasteiger partial charge in [0.25, 0.3) is 5.56 Å². The van der Waals surface area contributed by atoms with Gasteiger partial charge in [-0.1, -0.05) is 31.2 Å². The highest BCUT2D eigenvalue weighted by atomic mass is 16.5. The normalized spacial score (nSPS) is 13.2. The third-order valence-electron chi connectivity index (χ3n) is 5.71. The van der Waals surface area contributed by atoms with Crippen LogP contribution in [0.15, 0.2) is 52.7 Å². The van der Waals surface area contributed by atoms with Gasteiger partial charge in [-0.15, -0.1) is 6.58 Å². The molecule has 0 bridgehead atoms. The summed E-state index contributed by atoms with van der Waals surface area (Å²) in [5.41, 5.74) is 7.36. The van der Waals surface area contributed by atoms with Gasteiger partial charge in [0, 0.05) is 37.1 Å². The molecule has 0 saturated heterocycles. The summed E-state index contributed by atoms with van der Waals surface area (Å²) < 4.78 is 9.26. The zero-order chi connectivity index (χ0) is 22.9. The SMILES string of the molecule is C=CC(C)C(c1c(N)n(C)c(=O)n(C)c1=O)c1cn(CC(=O)OCC)c2ccccc12. The van der Waals surface area contributed by atoms with Gasteiger partial charge in [0.2, 0.25) is 0 Å². The fourth-order valence-corrected chi connectivity index (χ4v) is 4.02. The molecular formula is C23H28N4O4. The summed E-state index contributed by atoms with van der Waals surface area (Å²) in [6.07, 6.45) is 3.61. The number of hydrogen-bond donors (Lipinski definition) is 1. The number of allylic oxidation sites excluding steroid dienone is 1. The smallest absolute Gasteiger partial charge is 0.332 e. The maximum absolute atomic E-state index is 13.2. The Morgan fingerprint density at radius 1 is 1.23 bits per heavy atom. The molecule has 2 heterocycles. The number of nitrogens with zero attached hydrogens (tertiary/aromatic N) is 3. The zero-order valence-electron chi connectivity index (χ0n) is 18.3. The number of aromatic nitrogens is 3. The van der Waals surface area contributed by atoms with Gasteiger partial charge in [0.1, 0.15) is 12.4 Å². The van der Waals surface area contributed by atoms with Crippen molar-refractivity contribution in [3.05, 3.63) is 75.1 Å². The molecule has 164 valence electrons. The Morgan fingerprint density at radius 3 is 2.55 bits per heavy atom. The van der Waals surface area contributed by atoms with Gasteiger partial charge in [-0.3, -0.25) is 18.7 Å². The Labute approximate surface area is 180 Å². The predicted molar refractivity (Wildman–Crippen MR) is 121 cm³/mol. The van der Waals surface area contributed by atoms with E-state index in [0.29, 0.717) is 12.2 Å². The number of nitrogens with two attached hydrogens (primary N) is 1. The Balaban J connectivity index is 2.32. The number of hydrogen-bond acceptors (Lipinski definition) is 5.